The number of nitrogens with one attached hydrogen (secondary N) is 2. The highest BCUT2D eigenvalue weighted by Gasteiger charge is 2.09. The van der Waals surface area contributed by atoms with E-state index in [1.807, 2.05) is 30.3 Å². The Morgan fingerprint density at radius 3 is 2.61 bits per heavy atom. The van der Waals surface area contributed by atoms with Crippen LogP contribution in [0.5, 0.6) is 0 Å². The Morgan fingerprint density at radius 2 is 1.87 bits per heavy atom. The highest BCUT2D eigenvalue weighted by atomic mass is 19.1. The zero-order valence-corrected chi connectivity index (χ0v) is 12.6. The van der Waals surface area contributed by atoms with Crippen molar-refractivity contribution < 1.29 is 18.7 Å². The lowest BCUT2D eigenvalue weighted by atomic mass is 10.2. The minimum atomic E-state index is -0.714. The lowest BCUT2D eigenvalue weighted by Crippen LogP contribution is -2.33. The Hall–Kier alpha value is -2.89. The SMILES string of the molecule is Cc1ccc(F)c(NC(=O)CNC(=O)OCc2ccccc2)c1. The van der Waals surface area contributed by atoms with E-state index >= 15 is 0 Å². The van der Waals surface area contributed by atoms with Crippen molar-refractivity contribution >= 4 is 17.7 Å². The quantitative estimate of drug-likeness (QED) is 0.891. The fourth-order valence-corrected chi connectivity index (χ4v) is 1.86. The molecule has 5 nitrogen and oxygen atoms in total. The molecule has 0 heterocycles. The van der Waals surface area contributed by atoms with Gasteiger partial charge in [0.25, 0.3) is 0 Å². The van der Waals surface area contributed by atoms with E-state index in [0.29, 0.717) is 0 Å². The maximum atomic E-state index is 13.5. The molecule has 23 heavy (non-hydrogen) atoms. The van der Waals surface area contributed by atoms with Gasteiger partial charge in [-0.1, -0.05) is 36.4 Å². The van der Waals surface area contributed by atoms with Crippen molar-refractivity contribution in [2.24, 2.45) is 0 Å². The summed E-state index contributed by atoms with van der Waals surface area (Å²) in [7, 11) is 0. The largest absolute Gasteiger partial charge is 0.445 e. The first-order valence-electron chi connectivity index (χ1n) is 7.05. The molecular formula is C17H17FN2O3. The predicted molar refractivity (Wildman–Crippen MR) is 84.4 cm³/mol. The fraction of sp³-hybridized carbons (Fsp3) is 0.176. The van der Waals surface area contributed by atoms with Crippen molar-refractivity contribution in [2.75, 3.05) is 11.9 Å². The van der Waals surface area contributed by atoms with Gasteiger partial charge in [-0.3, -0.25) is 4.79 Å². The molecule has 0 atom stereocenters. The smallest absolute Gasteiger partial charge is 0.407 e. The first-order chi connectivity index (χ1) is 11.0. The Balaban J connectivity index is 1.75. The van der Waals surface area contributed by atoms with Crippen LogP contribution < -0.4 is 10.6 Å². The Kier molecular flexibility index (Phi) is 5.68. The molecule has 0 spiro atoms. The van der Waals surface area contributed by atoms with E-state index < -0.39 is 17.8 Å². The number of hydrogen-bond acceptors (Lipinski definition) is 3. The zero-order valence-electron chi connectivity index (χ0n) is 12.6. The minimum absolute atomic E-state index is 0.0782. The van der Waals surface area contributed by atoms with Crippen LogP contribution in [-0.2, 0) is 16.1 Å². The number of aryl methyl sites for hydroxylation is 1. The molecule has 0 aliphatic carbocycles. The van der Waals surface area contributed by atoms with Crippen LogP contribution in [0, 0.1) is 12.7 Å². The van der Waals surface area contributed by atoms with Gasteiger partial charge in [0, 0.05) is 0 Å². The van der Waals surface area contributed by atoms with Crippen molar-refractivity contribution in [3.05, 3.63) is 65.5 Å². The van der Waals surface area contributed by atoms with Crippen LogP contribution in [0.3, 0.4) is 0 Å². The summed E-state index contributed by atoms with van der Waals surface area (Å²) < 4.78 is 18.5. The molecule has 0 saturated heterocycles. The third-order valence-corrected chi connectivity index (χ3v) is 3.00. The van der Waals surface area contributed by atoms with Crippen LogP contribution in [-0.4, -0.2) is 18.5 Å². The van der Waals surface area contributed by atoms with E-state index in [4.69, 9.17) is 4.74 Å². The average molecular weight is 316 g/mol. The summed E-state index contributed by atoms with van der Waals surface area (Å²) in [5, 5.41) is 4.71. The van der Waals surface area contributed by atoms with E-state index in [1.165, 1.54) is 12.1 Å². The molecule has 6 heteroatoms. The van der Waals surface area contributed by atoms with Gasteiger partial charge in [0.1, 0.15) is 19.0 Å². The Labute approximate surface area is 133 Å². The summed E-state index contributed by atoms with van der Waals surface area (Å²) in [6.07, 6.45) is -0.714. The Bertz CT molecular complexity index is 689. The summed E-state index contributed by atoms with van der Waals surface area (Å²) in [5.41, 5.74) is 1.74. The van der Waals surface area contributed by atoms with Gasteiger partial charge in [-0.05, 0) is 30.2 Å². The number of carbonyl (C=O) groups is 2. The van der Waals surface area contributed by atoms with Gasteiger partial charge in [0.15, 0.2) is 0 Å². The molecule has 0 bridgehead atoms. The number of carbonyl (C=O) groups excluding carboxylic acids is 2. The van der Waals surface area contributed by atoms with Crippen LogP contribution in [0.15, 0.2) is 48.5 Å². The third kappa shape index (κ3) is 5.43. The molecule has 0 aromatic heterocycles. The number of benzene rings is 2. The standard InChI is InChI=1S/C17H17FN2O3/c1-12-7-8-14(18)15(9-12)20-16(21)10-19-17(22)23-11-13-5-3-2-4-6-13/h2-9H,10-11H2,1H3,(H,19,22)(H,20,21). The molecule has 0 aliphatic rings. The first kappa shape index (κ1) is 16.5. The van der Waals surface area contributed by atoms with E-state index in [9.17, 15) is 14.0 Å². The monoisotopic (exact) mass is 316 g/mol. The highest BCUT2D eigenvalue weighted by Crippen LogP contribution is 2.15. The topological polar surface area (TPSA) is 67.4 Å². The van der Waals surface area contributed by atoms with Crippen LogP contribution in [0.25, 0.3) is 0 Å². The maximum Gasteiger partial charge on any atom is 0.407 e. The van der Waals surface area contributed by atoms with Gasteiger partial charge in [0.05, 0.1) is 5.69 Å². The van der Waals surface area contributed by atoms with E-state index in [2.05, 4.69) is 10.6 Å². The van der Waals surface area contributed by atoms with Crippen molar-refractivity contribution in [2.45, 2.75) is 13.5 Å². The van der Waals surface area contributed by atoms with Crippen LogP contribution >= 0.6 is 0 Å². The van der Waals surface area contributed by atoms with Gasteiger partial charge in [-0.2, -0.15) is 0 Å². The van der Waals surface area contributed by atoms with Gasteiger partial charge >= 0.3 is 6.09 Å². The minimum Gasteiger partial charge on any atom is -0.445 e. The zero-order chi connectivity index (χ0) is 16.7. The van der Waals surface area contributed by atoms with Crippen molar-refractivity contribution in [3.8, 4) is 0 Å². The van der Waals surface area contributed by atoms with Crippen molar-refractivity contribution in [1.82, 2.24) is 5.32 Å². The number of amides is 2. The van der Waals surface area contributed by atoms with Crippen molar-refractivity contribution in [3.63, 3.8) is 0 Å². The van der Waals surface area contributed by atoms with Gasteiger partial charge in [0.2, 0.25) is 5.91 Å². The van der Waals surface area contributed by atoms with Crippen LogP contribution in [0.1, 0.15) is 11.1 Å². The fourth-order valence-electron chi connectivity index (χ4n) is 1.86. The summed E-state index contributed by atoms with van der Waals surface area (Å²) in [6.45, 7) is 1.59. The van der Waals surface area contributed by atoms with Gasteiger partial charge in [-0.15, -0.1) is 0 Å². The molecule has 0 saturated carbocycles. The predicted octanol–water partition coefficient (Wildman–Crippen LogP) is 3.00. The average Bonchev–Trinajstić information content (AvgIpc) is 2.55. The number of alkyl carbamates (subject to hydrolysis) is 1. The number of hydrogen-bond donors (Lipinski definition) is 2. The Morgan fingerprint density at radius 1 is 1.13 bits per heavy atom. The van der Waals surface area contributed by atoms with Gasteiger partial charge in [-0.25, -0.2) is 9.18 Å². The molecule has 0 unspecified atom stereocenters. The third-order valence-electron chi connectivity index (χ3n) is 3.00. The molecule has 0 aliphatic heterocycles. The van der Waals surface area contributed by atoms with Gasteiger partial charge < -0.3 is 15.4 Å². The second-order valence-corrected chi connectivity index (χ2v) is 4.95. The first-order valence-corrected chi connectivity index (χ1v) is 7.05. The van der Waals surface area contributed by atoms with E-state index in [1.54, 1.807) is 13.0 Å². The number of halogens is 1. The molecule has 120 valence electrons. The summed E-state index contributed by atoms with van der Waals surface area (Å²) in [6, 6.07) is 13.6. The van der Waals surface area contributed by atoms with E-state index in [-0.39, 0.29) is 18.8 Å². The van der Waals surface area contributed by atoms with Crippen LogP contribution in [0.4, 0.5) is 14.9 Å². The summed E-state index contributed by atoms with van der Waals surface area (Å²) >= 11 is 0. The lowest BCUT2D eigenvalue weighted by Gasteiger charge is -2.09. The normalized spacial score (nSPS) is 10.0. The molecular weight excluding hydrogens is 299 g/mol. The second kappa shape index (κ2) is 7.93. The van der Waals surface area contributed by atoms with Crippen LogP contribution in [0.2, 0.25) is 0 Å². The molecule has 2 aromatic rings. The molecule has 0 radical (unpaired) electrons. The molecule has 0 fully saturated rings. The summed E-state index contributed by atoms with van der Waals surface area (Å²) in [5.74, 6) is -1.07. The number of rotatable bonds is 5. The summed E-state index contributed by atoms with van der Waals surface area (Å²) in [4.78, 5) is 23.2. The van der Waals surface area contributed by atoms with Crippen molar-refractivity contribution in [1.29, 1.82) is 0 Å². The molecule has 2 rings (SSSR count). The molecule has 2 amide bonds. The molecule has 2 N–H and O–H groups in total. The molecule has 2 aromatic carbocycles. The second-order valence-electron chi connectivity index (χ2n) is 4.95. The number of ether oxygens (including phenoxy) is 1. The lowest BCUT2D eigenvalue weighted by molar-refractivity contribution is -0.115. The maximum absolute atomic E-state index is 13.5. The van der Waals surface area contributed by atoms with E-state index in [0.717, 1.165) is 11.1 Å². The number of anilines is 1. The highest BCUT2D eigenvalue weighted by molar-refractivity contribution is 5.94.